The Kier molecular flexibility index (Phi) is 5.52. The van der Waals surface area contributed by atoms with Gasteiger partial charge in [0.25, 0.3) is 0 Å². The van der Waals surface area contributed by atoms with E-state index in [9.17, 15) is 4.79 Å². The van der Waals surface area contributed by atoms with Crippen LogP contribution in [0.15, 0.2) is 36.4 Å². The molecule has 0 saturated heterocycles. The number of hydrogen-bond acceptors (Lipinski definition) is 4. The molecule has 0 aromatic heterocycles. The predicted molar refractivity (Wildman–Crippen MR) is 91.2 cm³/mol. The van der Waals surface area contributed by atoms with Crippen molar-refractivity contribution in [1.29, 1.82) is 0 Å². The molecule has 2 aromatic rings. The third-order valence-corrected chi connectivity index (χ3v) is 3.76. The van der Waals surface area contributed by atoms with Crippen LogP contribution in [-0.4, -0.2) is 12.6 Å². The van der Waals surface area contributed by atoms with Gasteiger partial charge in [-0.1, -0.05) is 36.2 Å². The maximum atomic E-state index is 11.8. The van der Waals surface area contributed by atoms with E-state index < -0.39 is 0 Å². The zero-order valence-corrected chi connectivity index (χ0v) is 13.5. The highest BCUT2D eigenvalue weighted by Crippen LogP contribution is 2.33. The van der Waals surface area contributed by atoms with E-state index in [1.54, 1.807) is 36.4 Å². The molecule has 0 unspecified atom stereocenters. The molecule has 0 saturated carbocycles. The monoisotopic (exact) mass is 338 g/mol. The molecule has 0 aliphatic rings. The molecule has 0 aliphatic carbocycles. The molecule has 6 heteroatoms. The maximum absolute atomic E-state index is 11.8. The summed E-state index contributed by atoms with van der Waals surface area (Å²) in [7, 11) is 0. The van der Waals surface area contributed by atoms with Crippen molar-refractivity contribution in [1.82, 2.24) is 0 Å². The van der Waals surface area contributed by atoms with Crippen molar-refractivity contribution < 1.29 is 9.53 Å². The molecule has 0 aliphatic heterocycles. The molecule has 22 heavy (non-hydrogen) atoms. The van der Waals surface area contributed by atoms with E-state index in [0.717, 1.165) is 6.42 Å². The number of hydrogen-bond donors (Lipinski definition) is 2. The van der Waals surface area contributed by atoms with Gasteiger partial charge in [-0.2, -0.15) is 0 Å². The lowest BCUT2D eigenvalue weighted by atomic mass is 10.1. The quantitative estimate of drug-likeness (QED) is 0.601. The number of nitrogen functional groups attached to an aromatic ring is 1. The van der Waals surface area contributed by atoms with Crippen molar-refractivity contribution in [3.05, 3.63) is 52.0 Å². The molecule has 0 atom stereocenters. The first kappa shape index (κ1) is 16.5. The van der Waals surface area contributed by atoms with E-state index in [2.05, 4.69) is 5.32 Å². The van der Waals surface area contributed by atoms with E-state index in [1.807, 2.05) is 6.92 Å². The fourth-order valence-corrected chi connectivity index (χ4v) is 2.17. The molecule has 116 valence electrons. The van der Waals surface area contributed by atoms with Crippen LogP contribution in [0, 0.1) is 0 Å². The topological polar surface area (TPSA) is 64.3 Å². The van der Waals surface area contributed by atoms with Crippen LogP contribution in [0.3, 0.4) is 0 Å². The summed E-state index contributed by atoms with van der Waals surface area (Å²) in [5, 5.41) is 3.96. The van der Waals surface area contributed by atoms with E-state index in [1.165, 1.54) is 0 Å². The van der Waals surface area contributed by atoms with Gasteiger partial charge in [-0.15, -0.1) is 0 Å². The summed E-state index contributed by atoms with van der Waals surface area (Å²) >= 11 is 12.1. The average molecular weight is 339 g/mol. The summed E-state index contributed by atoms with van der Waals surface area (Å²) in [6, 6.07) is 10.2. The summed E-state index contributed by atoms with van der Waals surface area (Å²) in [4.78, 5) is 11.8. The van der Waals surface area contributed by atoms with Gasteiger partial charge < -0.3 is 15.8 Å². The number of carbonyl (C=O) groups is 1. The molecule has 2 aromatic carbocycles. The first-order valence-corrected chi connectivity index (χ1v) is 7.56. The Balaban J connectivity index is 2.20. The first-order chi connectivity index (χ1) is 10.5. The Morgan fingerprint density at radius 1 is 1.23 bits per heavy atom. The average Bonchev–Trinajstić information content (AvgIpc) is 2.51. The van der Waals surface area contributed by atoms with Gasteiger partial charge in [0.2, 0.25) is 0 Å². The minimum atomic E-state index is -0.388. The van der Waals surface area contributed by atoms with Crippen molar-refractivity contribution in [3.8, 4) is 0 Å². The fraction of sp³-hybridized carbons (Fsp3) is 0.188. The molecule has 0 fully saturated rings. The molecule has 4 nitrogen and oxygen atoms in total. The molecule has 0 heterocycles. The van der Waals surface area contributed by atoms with E-state index in [4.69, 9.17) is 33.7 Å². The molecular weight excluding hydrogens is 323 g/mol. The van der Waals surface area contributed by atoms with Crippen LogP contribution in [0.5, 0.6) is 0 Å². The second kappa shape index (κ2) is 7.38. The number of benzene rings is 2. The Hall–Kier alpha value is -1.91. The molecule has 0 spiro atoms. The number of nitrogens with one attached hydrogen (secondary N) is 1. The van der Waals surface area contributed by atoms with Crippen LogP contribution in [0.4, 0.5) is 17.1 Å². The second-order valence-corrected chi connectivity index (χ2v) is 5.45. The first-order valence-electron chi connectivity index (χ1n) is 6.80. The third-order valence-electron chi connectivity index (χ3n) is 2.95. The number of ether oxygens (including phenoxy) is 1. The highest BCUT2D eigenvalue weighted by molar-refractivity contribution is 6.43. The van der Waals surface area contributed by atoms with Crippen LogP contribution in [0.1, 0.15) is 23.7 Å². The van der Waals surface area contributed by atoms with Crippen molar-refractivity contribution in [3.63, 3.8) is 0 Å². The van der Waals surface area contributed by atoms with E-state index in [-0.39, 0.29) is 5.97 Å². The van der Waals surface area contributed by atoms with Gasteiger partial charge in [-0.3, -0.25) is 0 Å². The zero-order valence-electron chi connectivity index (χ0n) is 12.0. The molecule has 0 radical (unpaired) electrons. The van der Waals surface area contributed by atoms with Gasteiger partial charge in [-0.25, -0.2) is 4.79 Å². The van der Waals surface area contributed by atoms with Gasteiger partial charge in [0, 0.05) is 0 Å². The second-order valence-electron chi connectivity index (χ2n) is 4.66. The summed E-state index contributed by atoms with van der Waals surface area (Å²) in [6.45, 7) is 2.32. The number of carbonyl (C=O) groups excluding carboxylic acids is 1. The molecule has 0 bridgehead atoms. The summed E-state index contributed by atoms with van der Waals surface area (Å²) in [6.07, 6.45) is 0.772. The highest BCUT2D eigenvalue weighted by Gasteiger charge is 2.11. The maximum Gasteiger partial charge on any atom is 0.338 e. The SMILES string of the molecule is CCCOC(=O)c1ccc(Nc2cccc(Cl)c2Cl)c(N)c1. The minimum Gasteiger partial charge on any atom is -0.462 e. The Bertz CT molecular complexity index is 690. The van der Waals surface area contributed by atoms with Gasteiger partial charge in [-0.05, 0) is 36.8 Å². The number of esters is 1. The Morgan fingerprint density at radius 2 is 2.00 bits per heavy atom. The fourth-order valence-electron chi connectivity index (χ4n) is 1.83. The van der Waals surface area contributed by atoms with Crippen LogP contribution < -0.4 is 11.1 Å². The number of anilines is 3. The van der Waals surface area contributed by atoms with Crippen molar-refractivity contribution in [2.75, 3.05) is 17.7 Å². The van der Waals surface area contributed by atoms with Gasteiger partial charge in [0.05, 0.1) is 39.3 Å². The van der Waals surface area contributed by atoms with Crippen molar-refractivity contribution in [2.24, 2.45) is 0 Å². The molecule has 2 rings (SSSR count). The van der Waals surface area contributed by atoms with Crippen LogP contribution in [-0.2, 0) is 4.74 Å². The third kappa shape index (κ3) is 3.84. The van der Waals surface area contributed by atoms with Gasteiger partial charge in [0.15, 0.2) is 0 Å². The van der Waals surface area contributed by atoms with Crippen LogP contribution in [0.25, 0.3) is 0 Å². The van der Waals surface area contributed by atoms with Crippen molar-refractivity contribution in [2.45, 2.75) is 13.3 Å². The molecular formula is C16H16Cl2N2O2. The number of nitrogens with two attached hydrogens (primary N) is 1. The molecule has 3 N–H and O–H groups in total. The predicted octanol–water partition coefficient (Wildman–Crippen LogP) is 4.89. The number of rotatable bonds is 5. The standard InChI is InChI=1S/C16H16Cl2N2O2/c1-2-8-22-16(21)10-6-7-13(12(19)9-10)20-14-5-3-4-11(17)15(14)18/h3-7,9,20H,2,8,19H2,1H3. The lowest BCUT2D eigenvalue weighted by molar-refractivity contribution is 0.0505. The zero-order chi connectivity index (χ0) is 16.1. The van der Waals surface area contributed by atoms with Crippen LogP contribution in [0.2, 0.25) is 10.0 Å². The minimum absolute atomic E-state index is 0.386. The molecule has 0 amide bonds. The normalized spacial score (nSPS) is 10.3. The summed E-state index contributed by atoms with van der Waals surface area (Å²) < 4.78 is 5.07. The van der Waals surface area contributed by atoms with Crippen molar-refractivity contribution >= 4 is 46.2 Å². The lowest BCUT2D eigenvalue weighted by Gasteiger charge is -2.12. The Labute approximate surface area is 139 Å². The largest absolute Gasteiger partial charge is 0.462 e. The van der Waals surface area contributed by atoms with Crippen LogP contribution >= 0.6 is 23.2 Å². The van der Waals surface area contributed by atoms with Gasteiger partial charge >= 0.3 is 5.97 Å². The highest BCUT2D eigenvalue weighted by atomic mass is 35.5. The summed E-state index contributed by atoms with van der Waals surface area (Å²) in [5.41, 5.74) is 8.08. The smallest absolute Gasteiger partial charge is 0.338 e. The van der Waals surface area contributed by atoms with E-state index in [0.29, 0.717) is 39.3 Å². The van der Waals surface area contributed by atoms with Gasteiger partial charge in [0.1, 0.15) is 0 Å². The Morgan fingerprint density at radius 3 is 2.68 bits per heavy atom. The van der Waals surface area contributed by atoms with E-state index >= 15 is 0 Å². The lowest BCUT2D eigenvalue weighted by Crippen LogP contribution is -2.07. The number of halogens is 2. The summed E-state index contributed by atoms with van der Waals surface area (Å²) in [5.74, 6) is -0.388.